The maximum absolute atomic E-state index is 12.6. The van der Waals surface area contributed by atoms with Crippen LogP contribution in [-0.2, 0) is 11.3 Å². The lowest BCUT2D eigenvalue weighted by Crippen LogP contribution is -2.35. The molecule has 2 saturated heterocycles. The molecule has 0 aliphatic carbocycles. The Morgan fingerprint density at radius 3 is 2.91 bits per heavy atom. The Balaban J connectivity index is 1.42. The van der Waals surface area contributed by atoms with Crippen LogP contribution >= 0.6 is 11.3 Å². The summed E-state index contributed by atoms with van der Waals surface area (Å²) in [6.07, 6.45) is 3.53. The van der Waals surface area contributed by atoms with E-state index in [0.717, 1.165) is 17.7 Å². The molecule has 0 radical (unpaired) electrons. The lowest BCUT2D eigenvalue weighted by atomic mass is 10.0. The number of hydrogen-bond donors (Lipinski definition) is 0. The van der Waals surface area contributed by atoms with E-state index in [4.69, 9.17) is 0 Å². The molecule has 2 aliphatic rings. The zero-order chi connectivity index (χ0) is 15.8. The van der Waals surface area contributed by atoms with Gasteiger partial charge in [0.05, 0.1) is 11.5 Å². The van der Waals surface area contributed by atoms with Gasteiger partial charge in [-0.25, -0.2) is 0 Å². The number of carbonyl (C=O) groups excluding carboxylic acids is 2. The molecule has 0 bridgehead atoms. The Morgan fingerprint density at radius 2 is 2.22 bits per heavy atom. The lowest BCUT2D eigenvalue weighted by Gasteiger charge is -2.21. The molecule has 6 heteroatoms. The second kappa shape index (κ2) is 5.77. The molecule has 0 saturated carbocycles. The molecule has 0 spiro atoms. The van der Waals surface area contributed by atoms with Crippen molar-refractivity contribution in [3.05, 3.63) is 52.5 Å². The van der Waals surface area contributed by atoms with Crippen LogP contribution < -0.4 is 0 Å². The summed E-state index contributed by atoms with van der Waals surface area (Å²) in [5.74, 6) is 0.419. The molecule has 2 amide bonds. The van der Waals surface area contributed by atoms with Crippen molar-refractivity contribution in [2.45, 2.75) is 6.54 Å². The van der Waals surface area contributed by atoms with Gasteiger partial charge in [-0.3, -0.25) is 14.6 Å². The maximum Gasteiger partial charge on any atom is 0.254 e. The summed E-state index contributed by atoms with van der Waals surface area (Å²) in [4.78, 5) is 32.9. The molecule has 2 aromatic rings. The first-order valence-electron chi connectivity index (χ1n) is 7.71. The predicted octanol–water partition coefficient (Wildman–Crippen LogP) is 1.87. The van der Waals surface area contributed by atoms with Crippen LogP contribution in [0.4, 0.5) is 0 Å². The minimum atomic E-state index is -0.0470. The zero-order valence-corrected chi connectivity index (χ0v) is 13.4. The van der Waals surface area contributed by atoms with Crippen molar-refractivity contribution >= 4 is 23.2 Å². The highest BCUT2D eigenvalue weighted by Gasteiger charge is 2.47. The number of nitrogens with zero attached hydrogens (tertiary/aromatic N) is 3. The number of hydrogen-bond acceptors (Lipinski definition) is 4. The molecule has 0 aromatic carbocycles. The van der Waals surface area contributed by atoms with Crippen molar-refractivity contribution in [1.29, 1.82) is 0 Å². The van der Waals surface area contributed by atoms with Gasteiger partial charge in [0.1, 0.15) is 0 Å². The summed E-state index contributed by atoms with van der Waals surface area (Å²) >= 11 is 1.52. The molecular weight excluding hydrogens is 310 g/mol. The van der Waals surface area contributed by atoms with Gasteiger partial charge in [-0.2, -0.15) is 11.3 Å². The van der Waals surface area contributed by atoms with Crippen LogP contribution in [0, 0.1) is 11.8 Å². The number of thiophene rings is 1. The number of carbonyl (C=O) groups is 2. The molecule has 2 aliphatic heterocycles. The van der Waals surface area contributed by atoms with E-state index in [2.05, 4.69) is 4.98 Å². The number of likely N-dealkylation sites (tertiary alicyclic amines) is 2. The summed E-state index contributed by atoms with van der Waals surface area (Å²) in [7, 11) is 0. The van der Waals surface area contributed by atoms with Gasteiger partial charge in [0.25, 0.3) is 5.91 Å². The zero-order valence-electron chi connectivity index (χ0n) is 12.6. The highest BCUT2D eigenvalue weighted by molar-refractivity contribution is 7.08. The summed E-state index contributed by atoms with van der Waals surface area (Å²) < 4.78 is 0. The van der Waals surface area contributed by atoms with Crippen molar-refractivity contribution in [2.24, 2.45) is 11.8 Å². The van der Waals surface area contributed by atoms with E-state index >= 15 is 0 Å². The summed E-state index contributed by atoms with van der Waals surface area (Å²) in [6.45, 7) is 2.56. The quantitative estimate of drug-likeness (QED) is 0.865. The fraction of sp³-hybridized carbons (Fsp3) is 0.353. The van der Waals surface area contributed by atoms with Crippen molar-refractivity contribution in [3.8, 4) is 0 Å². The van der Waals surface area contributed by atoms with Crippen LogP contribution in [0.5, 0.6) is 0 Å². The topological polar surface area (TPSA) is 53.5 Å². The first-order valence-corrected chi connectivity index (χ1v) is 8.66. The third-order valence-electron chi connectivity index (χ3n) is 4.68. The normalized spacial score (nSPS) is 23.4. The van der Waals surface area contributed by atoms with Crippen molar-refractivity contribution in [1.82, 2.24) is 14.8 Å². The molecule has 0 N–H and O–H groups in total. The smallest absolute Gasteiger partial charge is 0.254 e. The average Bonchev–Trinajstić information content (AvgIpc) is 3.28. The van der Waals surface area contributed by atoms with E-state index in [1.807, 2.05) is 38.8 Å². The van der Waals surface area contributed by atoms with Crippen LogP contribution in [0.2, 0.25) is 0 Å². The first kappa shape index (κ1) is 14.4. The van der Waals surface area contributed by atoms with Crippen molar-refractivity contribution < 1.29 is 9.59 Å². The number of aromatic nitrogens is 1. The number of amides is 2. The Kier molecular flexibility index (Phi) is 3.61. The van der Waals surface area contributed by atoms with Crippen LogP contribution in [0.25, 0.3) is 0 Å². The highest BCUT2D eigenvalue weighted by Crippen LogP contribution is 2.33. The molecule has 0 unspecified atom stereocenters. The Bertz CT molecular complexity index is 717. The predicted molar refractivity (Wildman–Crippen MR) is 86.9 cm³/mol. The van der Waals surface area contributed by atoms with E-state index < -0.39 is 0 Å². The second-order valence-electron chi connectivity index (χ2n) is 6.17. The fourth-order valence-electron chi connectivity index (χ4n) is 3.53. The SMILES string of the molecule is O=C(c1ccsc1)N1C[C@H]2CN(Cc3cccnc3)C(=O)[C@H]2C1. The minimum absolute atomic E-state index is 0.0470. The fourth-order valence-corrected chi connectivity index (χ4v) is 4.16. The van der Waals surface area contributed by atoms with Gasteiger partial charge in [0.15, 0.2) is 0 Å². The molecule has 2 aromatic heterocycles. The van der Waals surface area contributed by atoms with Gasteiger partial charge in [-0.05, 0) is 23.1 Å². The molecular formula is C17H17N3O2S. The Hall–Kier alpha value is -2.21. The first-order chi connectivity index (χ1) is 11.2. The molecule has 118 valence electrons. The largest absolute Gasteiger partial charge is 0.338 e. The van der Waals surface area contributed by atoms with Gasteiger partial charge in [0.2, 0.25) is 5.91 Å². The molecule has 2 atom stereocenters. The maximum atomic E-state index is 12.6. The summed E-state index contributed by atoms with van der Waals surface area (Å²) in [6, 6.07) is 5.72. The molecule has 4 rings (SSSR count). The van der Waals surface area contributed by atoms with E-state index in [0.29, 0.717) is 19.6 Å². The van der Waals surface area contributed by atoms with E-state index in [1.54, 1.807) is 12.4 Å². The van der Waals surface area contributed by atoms with Crippen LogP contribution in [0.15, 0.2) is 41.4 Å². The molecule has 23 heavy (non-hydrogen) atoms. The summed E-state index contributed by atoms with van der Waals surface area (Å²) in [5, 5.41) is 3.78. The lowest BCUT2D eigenvalue weighted by molar-refractivity contribution is -0.131. The molecule has 5 nitrogen and oxygen atoms in total. The van der Waals surface area contributed by atoms with Gasteiger partial charge in [-0.15, -0.1) is 0 Å². The summed E-state index contributed by atoms with van der Waals surface area (Å²) in [5.41, 5.74) is 1.78. The monoisotopic (exact) mass is 327 g/mol. The third kappa shape index (κ3) is 2.63. The van der Waals surface area contributed by atoms with Gasteiger partial charge in [-0.1, -0.05) is 6.07 Å². The van der Waals surface area contributed by atoms with Crippen LogP contribution in [0.1, 0.15) is 15.9 Å². The van der Waals surface area contributed by atoms with E-state index in [1.165, 1.54) is 11.3 Å². The minimum Gasteiger partial charge on any atom is -0.338 e. The van der Waals surface area contributed by atoms with E-state index in [9.17, 15) is 9.59 Å². The number of rotatable bonds is 3. The Labute approximate surface area is 138 Å². The average molecular weight is 327 g/mol. The van der Waals surface area contributed by atoms with Crippen LogP contribution in [0.3, 0.4) is 0 Å². The van der Waals surface area contributed by atoms with Gasteiger partial charge in [0, 0.05) is 49.9 Å². The molecule has 2 fully saturated rings. The van der Waals surface area contributed by atoms with Gasteiger partial charge < -0.3 is 9.80 Å². The van der Waals surface area contributed by atoms with Crippen molar-refractivity contribution in [3.63, 3.8) is 0 Å². The highest BCUT2D eigenvalue weighted by atomic mass is 32.1. The number of fused-ring (bicyclic) bond motifs is 1. The second-order valence-corrected chi connectivity index (χ2v) is 6.95. The standard InChI is InChI=1S/C17H17N3O2S/c21-16(13-3-5-23-11-13)20-9-14-8-19(17(22)15(14)10-20)7-12-2-1-4-18-6-12/h1-6,11,14-15H,7-10H2/t14-,15+/m1/s1. The molecule has 4 heterocycles. The number of pyridine rings is 1. The Morgan fingerprint density at radius 1 is 1.30 bits per heavy atom. The van der Waals surface area contributed by atoms with Crippen LogP contribution in [-0.4, -0.2) is 46.2 Å². The van der Waals surface area contributed by atoms with Crippen molar-refractivity contribution in [2.75, 3.05) is 19.6 Å². The van der Waals surface area contributed by atoms with E-state index in [-0.39, 0.29) is 23.7 Å². The third-order valence-corrected chi connectivity index (χ3v) is 5.36. The van der Waals surface area contributed by atoms with Gasteiger partial charge >= 0.3 is 0 Å².